The van der Waals surface area contributed by atoms with E-state index in [-0.39, 0.29) is 11.9 Å². The van der Waals surface area contributed by atoms with E-state index in [2.05, 4.69) is 16.9 Å². The van der Waals surface area contributed by atoms with E-state index in [9.17, 15) is 4.79 Å². The molecule has 0 aliphatic rings. The number of hydrogen-bond acceptors (Lipinski definition) is 4. The Morgan fingerprint density at radius 1 is 1.42 bits per heavy atom. The zero-order valence-electron chi connectivity index (χ0n) is 14.3. The van der Waals surface area contributed by atoms with Gasteiger partial charge < -0.3 is 19.4 Å². The molecule has 0 bridgehead atoms. The molecule has 128 valence electrons. The quantitative estimate of drug-likeness (QED) is 0.756. The first kappa shape index (κ1) is 17.6. The standard InChI is InChI=1S/C18H23N3O3/c1-5-6-15-9-14(10-16(23-3)17(15)24-4)11-20-18(22)13(2)21-8-7-19-12-21/h5,7-10,12-13H,1,6,11H2,2-4H3,(H,20,22). The van der Waals surface area contributed by atoms with Crippen LogP contribution in [0.25, 0.3) is 0 Å². The fourth-order valence-corrected chi connectivity index (χ4v) is 2.49. The van der Waals surface area contributed by atoms with Gasteiger partial charge in [0, 0.05) is 24.5 Å². The van der Waals surface area contributed by atoms with Gasteiger partial charge in [-0.25, -0.2) is 4.98 Å². The average molecular weight is 329 g/mol. The van der Waals surface area contributed by atoms with Crippen molar-refractivity contribution < 1.29 is 14.3 Å². The van der Waals surface area contributed by atoms with Crippen LogP contribution in [-0.2, 0) is 17.8 Å². The third-order valence-electron chi connectivity index (χ3n) is 3.80. The molecule has 0 spiro atoms. The molecule has 2 aromatic rings. The molecule has 0 aliphatic heterocycles. The fourth-order valence-electron chi connectivity index (χ4n) is 2.49. The van der Waals surface area contributed by atoms with E-state index < -0.39 is 0 Å². The molecular weight excluding hydrogens is 306 g/mol. The molecule has 1 aromatic carbocycles. The van der Waals surface area contributed by atoms with Crippen molar-refractivity contribution in [2.45, 2.75) is 25.9 Å². The van der Waals surface area contributed by atoms with E-state index >= 15 is 0 Å². The summed E-state index contributed by atoms with van der Waals surface area (Å²) < 4.78 is 12.6. The van der Waals surface area contributed by atoms with Gasteiger partial charge in [0.2, 0.25) is 5.91 Å². The molecule has 24 heavy (non-hydrogen) atoms. The molecule has 6 heteroatoms. The summed E-state index contributed by atoms with van der Waals surface area (Å²) in [5, 5.41) is 2.94. The van der Waals surface area contributed by atoms with Crippen molar-refractivity contribution in [1.29, 1.82) is 0 Å². The second kappa shape index (κ2) is 8.19. The minimum atomic E-state index is -0.319. The molecule has 1 heterocycles. The highest BCUT2D eigenvalue weighted by Gasteiger charge is 2.15. The number of rotatable bonds is 8. The largest absolute Gasteiger partial charge is 0.493 e. The predicted octanol–water partition coefficient (Wildman–Crippen LogP) is 2.51. The number of ether oxygens (including phenoxy) is 2. The first-order chi connectivity index (χ1) is 11.6. The number of carbonyl (C=O) groups excluding carboxylic acids is 1. The smallest absolute Gasteiger partial charge is 0.243 e. The van der Waals surface area contributed by atoms with E-state index in [1.165, 1.54) is 0 Å². The third kappa shape index (κ3) is 3.95. The van der Waals surface area contributed by atoms with Crippen LogP contribution in [0.2, 0.25) is 0 Å². The van der Waals surface area contributed by atoms with Crippen LogP contribution in [0.5, 0.6) is 11.5 Å². The van der Waals surface area contributed by atoms with Crippen molar-refractivity contribution in [2.24, 2.45) is 0 Å². The van der Waals surface area contributed by atoms with Crippen LogP contribution < -0.4 is 14.8 Å². The molecule has 1 atom stereocenters. The highest BCUT2D eigenvalue weighted by Crippen LogP contribution is 2.33. The SMILES string of the molecule is C=CCc1cc(CNC(=O)C(C)n2ccnc2)cc(OC)c1OC. The minimum Gasteiger partial charge on any atom is -0.493 e. The molecule has 0 aliphatic carbocycles. The molecule has 1 unspecified atom stereocenters. The lowest BCUT2D eigenvalue weighted by molar-refractivity contribution is -0.124. The summed E-state index contributed by atoms with van der Waals surface area (Å²) in [5.41, 5.74) is 1.91. The Balaban J connectivity index is 2.13. The number of benzene rings is 1. The normalized spacial score (nSPS) is 11.6. The van der Waals surface area contributed by atoms with Gasteiger partial charge in [0.15, 0.2) is 11.5 Å². The van der Waals surface area contributed by atoms with Crippen LogP contribution in [0.4, 0.5) is 0 Å². The topological polar surface area (TPSA) is 65.4 Å². The zero-order chi connectivity index (χ0) is 17.5. The van der Waals surface area contributed by atoms with Gasteiger partial charge in [-0.05, 0) is 31.0 Å². The Bertz CT molecular complexity index is 696. The van der Waals surface area contributed by atoms with Crippen LogP contribution in [0.1, 0.15) is 24.1 Å². The Morgan fingerprint density at radius 2 is 2.21 bits per heavy atom. The van der Waals surface area contributed by atoms with Gasteiger partial charge >= 0.3 is 0 Å². The number of allylic oxidation sites excluding steroid dienone is 1. The summed E-state index contributed by atoms with van der Waals surface area (Å²) in [6.45, 7) is 6.00. The lowest BCUT2D eigenvalue weighted by Crippen LogP contribution is -2.30. The van der Waals surface area contributed by atoms with E-state index in [0.29, 0.717) is 24.5 Å². The van der Waals surface area contributed by atoms with Crippen molar-refractivity contribution in [2.75, 3.05) is 14.2 Å². The Hall–Kier alpha value is -2.76. The van der Waals surface area contributed by atoms with Crippen molar-refractivity contribution in [3.8, 4) is 11.5 Å². The number of aromatic nitrogens is 2. The molecule has 2 rings (SSSR count). The van der Waals surface area contributed by atoms with Gasteiger partial charge in [-0.2, -0.15) is 0 Å². The maximum absolute atomic E-state index is 12.3. The lowest BCUT2D eigenvalue weighted by atomic mass is 10.1. The summed E-state index contributed by atoms with van der Waals surface area (Å²) in [7, 11) is 3.21. The molecule has 1 aromatic heterocycles. The molecule has 0 saturated carbocycles. The highest BCUT2D eigenvalue weighted by molar-refractivity contribution is 5.79. The molecular formula is C18H23N3O3. The van der Waals surface area contributed by atoms with E-state index in [0.717, 1.165) is 11.1 Å². The second-order valence-electron chi connectivity index (χ2n) is 5.39. The predicted molar refractivity (Wildman–Crippen MR) is 92.2 cm³/mol. The number of methoxy groups -OCH3 is 2. The average Bonchev–Trinajstić information content (AvgIpc) is 3.13. The highest BCUT2D eigenvalue weighted by atomic mass is 16.5. The molecule has 0 saturated heterocycles. The van der Waals surface area contributed by atoms with Crippen LogP contribution in [-0.4, -0.2) is 29.7 Å². The second-order valence-corrected chi connectivity index (χ2v) is 5.39. The molecule has 0 fully saturated rings. The van der Waals surface area contributed by atoms with Crippen molar-refractivity contribution in [3.63, 3.8) is 0 Å². The van der Waals surface area contributed by atoms with Crippen LogP contribution >= 0.6 is 0 Å². The lowest BCUT2D eigenvalue weighted by Gasteiger charge is -2.16. The monoisotopic (exact) mass is 329 g/mol. The third-order valence-corrected chi connectivity index (χ3v) is 3.80. The Labute approximate surface area is 142 Å². The summed E-state index contributed by atoms with van der Waals surface area (Å²) in [4.78, 5) is 16.2. The van der Waals surface area contributed by atoms with Crippen molar-refractivity contribution in [3.05, 3.63) is 54.6 Å². The summed E-state index contributed by atoms with van der Waals surface area (Å²) in [6.07, 6.45) is 7.51. The number of nitrogens with one attached hydrogen (secondary N) is 1. The van der Waals surface area contributed by atoms with Crippen molar-refractivity contribution >= 4 is 5.91 Å². The van der Waals surface area contributed by atoms with E-state index in [1.54, 1.807) is 43.6 Å². The number of hydrogen-bond donors (Lipinski definition) is 1. The van der Waals surface area contributed by atoms with Gasteiger partial charge in [-0.1, -0.05) is 6.08 Å². The molecule has 1 amide bonds. The molecule has 6 nitrogen and oxygen atoms in total. The van der Waals surface area contributed by atoms with Gasteiger partial charge in [-0.15, -0.1) is 6.58 Å². The number of amides is 1. The summed E-state index contributed by atoms with van der Waals surface area (Å²) in [5.74, 6) is 1.26. The first-order valence-corrected chi connectivity index (χ1v) is 7.70. The van der Waals surface area contributed by atoms with Crippen LogP contribution in [0.3, 0.4) is 0 Å². The summed E-state index contributed by atoms with van der Waals surface area (Å²) in [6, 6.07) is 3.54. The summed E-state index contributed by atoms with van der Waals surface area (Å²) >= 11 is 0. The van der Waals surface area contributed by atoms with Gasteiger partial charge in [0.1, 0.15) is 6.04 Å². The maximum atomic E-state index is 12.3. The van der Waals surface area contributed by atoms with E-state index in [1.807, 2.05) is 19.1 Å². The number of carbonyl (C=O) groups is 1. The van der Waals surface area contributed by atoms with Crippen LogP contribution in [0.15, 0.2) is 43.5 Å². The van der Waals surface area contributed by atoms with Gasteiger partial charge in [0.05, 0.1) is 20.5 Å². The first-order valence-electron chi connectivity index (χ1n) is 7.70. The maximum Gasteiger partial charge on any atom is 0.243 e. The van der Waals surface area contributed by atoms with Gasteiger partial charge in [0.25, 0.3) is 0 Å². The van der Waals surface area contributed by atoms with E-state index in [4.69, 9.17) is 9.47 Å². The van der Waals surface area contributed by atoms with Crippen molar-refractivity contribution in [1.82, 2.24) is 14.9 Å². The Kier molecular flexibility index (Phi) is 6.01. The zero-order valence-corrected chi connectivity index (χ0v) is 14.3. The van der Waals surface area contributed by atoms with Gasteiger partial charge in [-0.3, -0.25) is 4.79 Å². The Morgan fingerprint density at radius 3 is 2.79 bits per heavy atom. The molecule has 1 N–H and O–H groups in total. The fraction of sp³-hybridized carbons (Fsp3) is 0.333. The number of nitrogens with zero attached hydrogens (tertiary/aromatic N) is 2. The number of imidazole rings is 1. The molecule has 0 radical (unpaired) electrons. The van der Waals surface area contributed by atoms with Crippen LogP contribution in [0, 0.1) is 0 Å². The minimum absolute atomic E-state index is 0.0759.